The molecular formula is C28H27FN4O3. The predicted molar refractivity (Wildman–Crippen MR) is 136 cm³/mol. The van der Waals surface area contributed by atoms with Crippen molar-refractivity contribution >= 4 is 5.91 Å². The quantitative estimate of drug-likeness (QED) is 0.429. The molecule has 0 saturated carbocycles. The Morgan fingerprint density at radius 1 is 0.917 bits per heavy atom. The summed E-state index contributed by atoms with van der Waals surface area (Å²) in [5, 5.41) is 6.80. The molecule has 3 aromatic carbocycles. The van der Waals surface area contributed by atoms with Gasteiger partial charge in [0.2, 0.25) is 5.69 Å². The van der Waals surface area contributed by atoms with Crippen molar-refractivity contribution in [1.82, 2.24) is 19.7 Å². The van der Waals surface area contributed by atoms with Crippen LogP contribution in [0.5, 0.6) is 0 Å². The van der Waals surface area contributed by atoms with E-state index in [1.165, 1.54) is 24.3 Å². The van der Waals surface area contributed by atoms with Crippen molar-refractivity contribution < 1.29 is 9.18 Å². The maximum Gasteiger partial charge on any atom is 0.352 e. The Hall–Kier alpha value is -4.33. The van der Waals surface area contributed by atoms with Gasteiger partial charge in [-0.25, -0.2) is 9.18 Å². The first kappa shape index (κ1) is 24.8. The molecule has 1 heterocycles. The minimum Gasteiger partial charge on any atom is -0.346 e. The summed E-state index contributed by atoms with van der Waals surface area (Å²) in [5.41, 5.74) is 2.13. The Kier molecular flexibility index (Phi) is 7.24. The highest BCUT2D eigenvalue weighted by Gasteiger charge is 2.20. The topological polar surface area (TPSA) is 86.0 Å². The van der Waals surface area contributed by atoms with Crippen molar-refractivity contribution in [2.45, 2.75) is 39.8 Å². The summed E-state index contributed by atoms with van der Waals surface area (Å²) in [5.74, 6) is -0.817. The van der Waals surface area contributed by atoms with E-state index in [9.17, 15) is 18.8 Å². The summed E-state index contributed by atoms with van der Waals surface area (Å²) in [7, 11) is 0. The Morgan fingerprint density at radius 2 is 1.53 bits per heavy atom. The fraction of sp³-hybridized carbons (Fsp3) is 0.214. The second-order valence-corrected chi connectivity index (χ2v) is 8.98. The van der Waals surface area contributed by atoms with Crippen molar-refractivity contribution in [3.63, 3.8) is 0 Å². The van der Waals surface area contributed by atoms with Crippen LogP contribution in [0, 0.1) is 12.7 Å². The van der Waals surface area contributed by atoms with Crippen LogP contribution in [-0.4, -0.2) is 20.3 Å². The summed E-state index contributed by atoms with van der Waals surface area (Å²) in [4.78, 5) is 39.6. The molecule has 0 fully saturated rings. The number of halogens is 1. The Bertz CT molecular complexity index is 1490. The maximum atomic E-state index is 13.4. The Morgan fingerprint density at radius 3 is 2.14 bits per heavy atom. The van der Waals surface area contributed by atoms with Gasteiger partial charge in [-0.1, -0.05) is 67.9 Å². The van der Waals surface area contributed by atoms with Gasteiger partial charge in [0, 0.05) is 6.54 Å². The van der Waals surface area contributed by atoms with Crippen LogP contribution in [0.4, 0.5) is 4.39 Å². The van der Waals surface area contributed by atoms with E-state index in [0.29, 0.717) is 17.2 Å². The molecule has 4 rings (SSSR count). The molecule has 0 spiro atoms. The van der Waals surface area contributed by atoms with E-state index < -0.39 is 22.9 Å². The van der Waals surface area contributed by atoms with Gasteiger partial charge in [-0.2, -0.15) is 9.78 Å². The predicted octanol–water partition coefficient (Wildman–Crippen LogP) is 3.94. The highest BCUT2D eigenvalue weighted by atomic mass is 19.1. The monoisotopic (exact) mass is 486 g/mol. The number of carbonyl (C=O) groups is 1. The Balaban J connectivity index is 1.76. The first-order chi connectivity index (χ1) is 17.2. The fourth-order valence-electron chi connectivity index (χ4n) is 3.71. The number of aryl methyl sites for hydroxylation is 1. The van der Waals surface area contributed by atoms with Gasteiger partial charge in [-0.05, 0) is 53.8 Å². The third kappa shape index (κ3) is 5.49. The zero-order valence-electron chi connectivity index (χ0n) is 20.4. The van der Waals surface area contributed by atoms with Gasteiger partial charge in [0.1, 0.15) is 5.82 Å². The van der Waals surface area contributed by atoms with Crippen LogP contribution >= 0.6 is 0 Å². The second kappa shape index (κ2) is 10.5. The number of aromatic nitrogens is 3. The first-order valence-corrected chi connectivity index (χ1v) is 11.7. The van der Waals surface area contributed by atoms with Crippen LogP contribution in [-0.2, 0) is 13.1 Å². The molecule has 0 bridgehead atoms. The van der Waals surface area contributed by atoms with E-state index in [2.05, 4.69) is 24.3 Å². The molecular weight excluding hydrogens is 459 g/mol. The minimum absolute atomic E-state index is 0.0111. The average molecular weight is 487 g/mol. The molecule has 4 aromatic rings. The summed E-state index contributed by atoms with van der Waals surface area (Å²) in [6.45, 7) is 6.12. The molecule has 1 aromatic heterocycles. The molecule has 0 aliphatic rings. The molecule has 0 aliphatic heterocycles. The van der Waals surface area contributed by atoms with E-state index in [1.54, 1.807) is 12.1 Å². The SMILES string of the molecule is Cc1ccc(Cn2c(=O)c(C(=O)NCc3ccc(F)cc3)nn(-c3ccc(C(C)C)cc3)c2=O)cc1. The van der Waals surface area contributed by atoms with Crippen molar-refractivity contribution in [1.29, 1.82) is 0 Å². The number of amides is 1. The largest absolute Gasteiger partial charge is 0.352 e. The highest BCUT2D eigenvalue weighted by Crippen LogP contribution is 2.16. The van der Waals surface area contributed by atoms with E-state index in [0.717, 1.165) is 25.9 Å². The van der Waals surface area contributed by atoms with Crippen LogP contribution in [0.25, 0.3) is 5.69 Å². The molecule has 0 saturated heterocycles. The smallest absolute Gasteiger partial charge is 0.346 e. The van der Waals surface area contributed by atoms with Gasteiger partial charge < -0.3 is 5.32 Å². The summed E-state index contributed by atoms with van der Waals surface area (Å²) >= 11 is 0. The van der Waals surface area contributed by atoms with Gasteiger partial charge in [0.25, 0.3) is 11.5 Å². The third-order valence-corrected chi connectivity index (χ3v) is 5.91. The number of hydrogen-bond donors (Lipinski definition) is 1. The van der Waals surface area contributed by atoms with Crippen molar-refractivity contribution in [2.24, 2.45) is 0 Å². The number of nitrogens with zero attached hydrogens (tertiary/aromatic N) is 3. The lowest BCUT2D eigenvalue weighted by Crippen LogP contribution is -2.46. The normalized spacial score (nSPS) is 11.0. The lowest BCUT2D eigenvalue weighted by molar-refractivity contribution is 0.0941. The second-order valence-electron chi connectivity index (χ2n) is 8.98. The highest BCUT2D eigenvalue weighted by molar-refractivity contribution is 5.91. The van der Waals surface area contributed by atoms with Crippen LogP contribution in [0.15, 0.2) is 82.4 Å². The number of carbonyl (C=O) groups excluding carboxylic acids is 1. The van der Waals surface area contributed by atoms with Crippen LogP contribution in [0.3, 0.4) is 0 Å². The lowest BCUT2D eigenvalue weighted by Gasteiger charge is -2.13. The van der Waals surface area contributed by atoms with Crippen LogP contribution in [0.2, 0.25) is 0 Å². The molecule has 0 radical (unpaired) electrons. The maximum absolute atomic E-state index is 13.4. The molecule has 184 valence electrons. The number of nitrogens with one attached hydrogen (secondary N) is 1. The summed E-state index contributed by atoms with van der Waals surface area (Å²) in [6.07, 6.45) is 0. The van der Waals surface area contributed by atoms with Crippen LogP contribution < -0.4 is 16.6 Å². The van der Waals surface area contributed by atoms with E-state index in [1.807, 2.05) is 43.3 Å². The van der Waals surface area contributed by atoms with E-state index in [4.69, 9.17) is 0 Å². The van der Waals surface area contributed by atoms with Crippen molar-refractivity contribution in [2.75, 3.05) is 0 Å². The zero-order chi connectivity index (χ0) is 25.8. The van der Waals surface area contributed by atoms with Gasteiger partial charge in [0.05, 0.1) is 12.2 Å². The molecule has 0 atom stereocenters. The molecule has 7 nitrogen and oxygen atoms in total. The van der Waals surface area contributed by atoms with E-state index >= 15 is 0 Å². The van der Waals surface area contributed by atoms with Crippen molar-refractivity contribution in [3.8, 4) is 5.69 Å². The van der Waals surface area contributed by atoms with E-state index in [-0.39, 0.29) is 18.9 Å². The Labute approximate surface area is 207 Å². The molecule has 0 aliphatic carbocycles. The number of hydrogen-bond acceptors (Lipinski definition) is 4. The van der Waals surface area contributed by atoms with Crippen molar-refractivity contribution in [3.05, 3.63) is 127 Å². The molecule has 1 N–H and O–H groups in total. The molecule has 0 unspecified atom stereocenters. The average Bonchev–Trinajstić information content (AvgIpc) is 2.87. The molecule has 36 heavy (non-hydrogen) atoms. The third-order valence-electron chi connectivity index (χ3n) is 5.91. The lowest BCUT2D eigenvalue weighted by atomic mass is 10.0. The van der Waals surface area contributed by atoms with Gasteiger partial charge in [-0.3, -0.25) is 14.2 Å². The standard InChI is InChI=1S/C28H27FN4O3/c1-18(2)22-10-14-24(15-11-22)33-28(36)32(17-21-6-4-19(3)5-7-21)27(35)25(31-33)26(34)30-16-20-8-12-23(29)13-9-20/h4-15,18H,16-17H2,1-3H3,(H,30,34). The minimum atomic E-state index is -0.785. The van der Waals surface area contributed by atoms with Gasteiger partial charge >= 0.3 is 5.69 Å². The van der Waals surface area contributed by atoms with Crippen LogP contribution in [0.1, 0.15) is 52.5 Å². The summed E-state index contributed by atoms with van der Waals surface area (Å²) < 4.78 is 15.3. The summed E-state index contributed by atoms with van der Waals surface area (Å²) in [6, 6.07) is 20.3. The molecule has 1 amide bonds. The first-order valence-electron chi connectivity index (χ1n) is 11.7. The van der Waals surface area contributed by atoms with Gasteiger partial charge in [0.15, 0.2) is 0 Å². The molecule has 8 heteroatoms. The number of rotatable bonds is 7. The fourth-order valence-corrected chi connectivity index (χ4v) is 3.71. The van der Waals surface area contributed by atoms with Gasteiger partial charge in [-0.15, -0.1) is 0 Å². The number of benzene rings is 3. The zero-order valence-corrected chi connectivity index (χ0v) is 20.4.